The smallest absolute Gasteiger partial charge is 0.231 e. The Morgan fingerprint density at radius 1 is 1.04 bits per heavy atom. The topological polar surface area (TPSA) is 60.3 Å². The molecule has 6 nitrogen and oxygen atoms in total. The number of ether oxygens (including phenoxy) is 2. The lowest BCUT2D eigenvalue weighted by molar-refractivity contribution is 0.174. The van der Waals surface area contributed by atoms with Crippen LogP contribution < -0.4 is 20.1 Å². The van der Waals surface area contributed by atoms with Gasteiger partial charge < -0.3 is 20.1 Å². The van der Waals surface area contributed by atoms with Gasteiger partial charge in [0.1, 0.15) is 0 Å². The van der Waals surface area contributed by atoms with E-state index < -0.39 is 0 Å². The minimum atomic E-state index is 0.234. The van der Waals surface area contributed by atoms with Gasteiger partial charge in [-0.15, -0.1) is 0 Å². The Labute approximate surface area is 171 Å². The van der Waals surface area contributed by atoms with E-state index in [0.717, 1.165) is 17.0 Å². The van der Waals surface area contributed by atoms with E-state index in [1.54, 1.807) is 10.7 Å². The first-order valence-electron chi connectivity index (χ1n) is 8.02. The molecule has 2 heterocycles. The highest BCUT2D eigenvalue weighted by atomic mass is 35.5. The molecule has 0 saturated heterocycles. The van der Waals surface area contributed by atoms with E-state index in [1.807, 2.05) is 42.6 Å². The molecule has 27 heavy (non-hydrogen) atoms. The third kappa shape index (κ3) is 4.27. The molecule has 0 aliphatic carbocycles. The highest BCUT2D eigenvalue weighted by Crippen LogP contribution is 2.34. The summed E-state index contributed by atoms with van der Waals surface area (Å²) in [5.41, 5.74) is 1.80. The summed E-state index contributed by atoms with van der Waals surface area (Å²) in [5.74, 6) is 2.04. The number of hydrogen-bond donors (Lipinski definition) is 2. The third-order valence-corrected chi connectivity index (χ3v) is 4.78. The van der Waals surface area contributed by atoms with E-state index in [2.05, 4.69) is 15.7 Å². The molecule has 0 unspecified atom stereocenters. The number of halogens is 2. The van der Waals surface area contributed by atoms with Gasteiger partial charge in [0.25, 0.3) is 0 Å². The zero-order chi connectivity index (χ0) is 18.8. The van der Waals surface area contributed by atoms with E-state index in [1.165, 1.54) is 0 Å². The first-order chi connectivity index (χ1) is 13.1. The fourth-order valence-corrected chi connectivity index (χ4v) is 3.14. The van der Waals surface area contributed by atoms with E-state index in [0.29, 0.717) is 33.3 Å². The minimum Gasteiger partial charge on any atom is -0.454 e. The number of benzene rings is 2. The van der Waals surface area contributed by atoms with Crippen molar-refractivity contribution in [2.24, 2.45) is 0 Å². The Hall–Kier alpha value is -2.48. The molecule has 0 spiro atoms. The van der Waals surface area contributed by atoms with E-state index in [9.17, 15) is 0 Å². The normalized spacial score (nSPS) is 12.1. The second kappa shape index (κ2) is 7.64. The van der Waals surface area contributed by atoms with Crippen LogP contribution in [0.1, 0.15) is 5.56 Å². The van der Waals surface area contributed by atoms with E-state index >= 15 is 0 Å². The quantitative estimate of drug-likeness (QED) is 0.592. The second-order valence-electron chi connectivity index (χ2n) is 5.79. The van der Waals surface area contributed by atoms with Crippen LogP contribution in [0.2, 0.25) is 10.0 Å². The van der Waals surface area contributed by atoms with Gasteiger partial charge in [0.2, 0.25) is 6.79 Å². The molecule has 1 aliphatic rings. The molecule has 138 valence electrons. The standard InChI is InChI=1S/C18H14Cl2N4O2S/c19-13-3-1-11(7-14(13)20)9-24-6-5-17(23-24)22-18(27)21-12-2-4-15-16(8-12)26-10-25-15/h1-8H,9-10H2,(H2,21,22,23,27). The molecule has 1 aromatic heterocycles. The summed E-state index contributed by atoms with van der Waals surface area (Å²) in [6, 6.07) is 12.9. The summed E-state index contributed by atoms with van der Waals surface area (Å²) in [6.07, 6.45) is 1.86. The Kier molecular flexibility index (Phi) is 5.07. The van der Waals surface area contributed by atoms with Crippen molar-refractivity contribution in [3.05, 3.63) is 64.3 Å². The SMILES string of the molecule is S=C(Nc1ccc2c(c1)OCO2)Nc1ccn(Cc2ccc(Cl)c(Cl)c2)n1. The van der Waals surface area contributed by atoms with Crippen molar-refractivity contribution in [1.29, 1.82) is 0 Å². The van der Waals surface area contributed by atoms with Crippen LogP contribution in [-0.4, -0.2) is 21.7 Å². The van der Waals surface area contributed by atoms with Crippen LogP contribution in [0.15, 0.2) is 48.7 Å². The van der Waals surface area contributed by atoms with Gasteiger partial charge in [-0.3, -0.25) is 4.68 Å². The zero-order valence-corrected chi connectivity index (χ0v) is 16.2. The molecule has 4 rings (SSSR count). The summed E-state index contributed by atoms with van der Waals surface area (Å²) in [6.45, 7) is 0.804. The average molecular weight is 421 g/mol. The maximum Gasteiger partial charge on any atom is 0.231 e. The van der Waals surface area contributed by atoms with Gasteiger partial charge in [0.15, 0.2) is 22.4 Å². The fraction of sp³-hybridized carbons (Fsp3) is 0.111. The molecule has 0 atom stereocenters. The van der Waals surface area contributed by atoms with Crippen LogP contribution in [0, 0.1) is 0 Å². The summed E-state index contributed by atoms with van der Waals surface area (Å²) < 4.78 is 12.4. The van der Waals surface area contributed by atoms with Gasteiger partial charge in [0, 0.05) is 24.0 Å². The summed E-state index contributed by atoms with van der Waals surface area (Å²) in [5, 5.41) is 12.1. The van der Waals surface area contributed by atoms with Crippen LogP contribution >= 0.6 is 35.4 Å². The Morgan fingerprint density at radius 2 is 1.89 bits per heavy atom. The Balaban J connectivity index is 1.37. The summed E-state index contributed by atoms with van der Waals surface area (Å²) >= 11 is 17.3. The van der Waals surface area contributed by atoms with E-state index in [4.69, 9.17) is 44.9 Å². The van der Waals surface area contributed by atoms with Crippen LogP contribution in [0.5, 0.6) is 11.5 Å². The van der Waals surface area contributed by atoms with E-state index in [-0.39, 0.29) is 6.79 Å². The number of nitrogens with one attached hydrogen (secondary N) is 2. The lowest BCUT2D eigenvalue weighted by atomic mass is 10.2. The monoisotopic (exact) mass is 420 g/mol. The van der Waals surface area contributed by atoms with Crippen molar-refractivity contribution in [1.82, 2.24) is 9.78 Å². The molecule has 9 heteroatoms. The third-order valence-electron chi connectivity index (χ3n) is 3.84. The number of hydrogen-bond acceptors (Lipinski definition) is 4. The summed E-state index contributed by atoms with van der Waals surface area (Å²) in [7, 11) is 0. The molecule has 0 saturated carbocycles. The highest BCUT2D eigenvalue weighted by molar-refractivity contribution is 7.80. The molecule has 3 aromatic rings. The van der Waals surface area contributed by atoms with Crippen LogP contribution in [0.25, 0.3) is 0 Å². The molecule has 0 radical (unpaired) electrons. The maximum absolute atomic E-state index is 6.05. The predicted molar refractivity (Wildman–Crippen MR) is 110 cm³/mol. The van der Waals surface area contributed by atoms with Crippen molar-refractivity contribution >= 4 is 52.0 Å². The number of rotatable bonds is 4. The zero-order valence-electron chi connectivity index (χ0n) is 13.9. The first-order valence-corrected chi connectivity index (χ1v) is 9.18. The first kappa shape index (κ1) is 17.9. The molecular weight excluding hydrogens is 407 g/mol. The number of anilines is 2. The molecule has 1 aliphatic heterocycles. The number of thiocarbonyl (C=S) groups is 1. The molecule has 0 fully saturated rings. The van der Waals surface area contributed by atoms with Gasteiger partial charge in [-0.05, 0) is 42.0 Å². The summed E-state index contributed by atoms with van der Waals surface area (Å²) in [4.78, 5) is 0. The van der Waals surface area contributed by atoms with Crippen molar-refractivity contribution in [2.75, 3.05) is 17.4 Å². The van der Waals surface area contributed by atoms with Crippen molar-refractivity contribution in [3.63, 3.8) is 0 Å². The van der Waals surface area contributed by atoms with Crippen LogP contribution in [-0.2, 0) is 6.54 Å². The van der Waals surface area contributed by atoms with Gasteiger partial charge >= 0.3 is 0 Å². The number of nitrogens with zero attached hydrogens (tertiary/aromatic N) is 2. The lowest BCUT2D eigenvalue weighted by Gasteiger charge is -2.09. The van der Waals surface area contributed by atoms with Crippen LogP contribution in [0.4, 0.5) is 11.5 Å². The maximum atomic E-state index is 6.05. The average Bonchev–Trinajstić information content (AvgIpc) is 3.27. The molecule has 2 N–H and O–H groups in total. The van der Waals surface area contributed by atoms with Gasteiger partial charge in [-0.25, -0.2) is 0 Å². The number of fused-ring (bicyclic) bond motifs is 1. The van der Waals surface area contributed by atoms with Gasteiger partial charge in [0.05, 0.1) is 16.6 Å². The Morgan fingerprint density at radius 3 is 2.74 bits per heavy atom. The van der Waals surface area contributed by atoms with Gasteiger partial charge in [-0.2, -0.15) is 5.10 Å². The highest BCUT2D eigenvalue weighted by Gasteiger charge is 2.13. The predicted octanol–water partition coefficient (Wildman–Crippen LogP) is 4.78. The van der Waals surface area contributed by atoms with Crippen molar-refractivity contribution in [2.45, 2.75) is 6.54 Å². The Bertz CT molecular complexity index is 1010. The minimum absolute atomic E-state index is 0.234. The van der Waals surface area contributed by atoms with Gasteiger partial charge in [-0.1, -0.05) is 29.3 Å². The van der Waals surface area contributed by atoms with Crippen molar-refractivity contribution < 1.29 is 9.47 Å². The molecular formula is C18H14Cl2N4O2S. The molecule has 0 bridgehead atoms. The lowest BCUT2D eigenvalue weighted by Crippen LogP contribution is -2.19. The second-order valence-corrected chi connectivity index (χ2v) is 7.02. The largest absolute Gasteiger partial charge is 0.454 e. The molecule has 2 aromatic carbocycles. The number of aromatic nitrogens is 2. The molecule has 0 amide bonds. The fourth-order valence-electron chi connectivity index (χ4n) is 2.59. The van der Waals surface area contributed by atoms with Crippen molar-refractivity contribution in [3.8, 4) is 11.5 Å². The van der Waals surface area contributed by atoms with Crippen LogP contribution in [0.3, 0.4) is 0 Å².